The number of carbonyl (C=O) groups excluding carboxylic acids is 1. The Bertz CT molecular complexity index is 264. The van der Waals surface area contributed by atoms with Crippen molar-refractivity contribution in [3.05, 3.63) is 0 Å². The molecule has 1 heterocycles. The second-order valence-electron chi connectivity index (χ2n) is 6.15. The lowest BCUT2D eigenvalue weighted by Crippen LogP contribution is -2.39. The van der Waals surface area contributed by atoms with E-state index in [4.69, 9.17) is 0 Å². The van der Waals surface area contributed by atoms with Gasteiger partial charge >= 0.3 is 0 Å². The molecule has 1 aliphatic heterocycles. The third kappa shape index (κ3) is 1.99. The van der Waals surface area contributed by atoms with Gasteiger partial charge < -0.3 is 5.32 Å². The van der Waals surface area contributed by atoms with E-state index in [2.05, 4.69) is 26.1 Å². The summed E-state index contributed by atoms with van der Waals surface area (Å²) in [6.07, 6.45) is 7.04. The summed E-state index contributed by atoms with van der Waals surface area (Å²) in [6.45, 7) is 6.86. The zero-order valence-electron chi connectivity index (χ0n) is 10.9. The van der Waals surface area contributed by atoms with Crippen LogP contribution >= 0.6 is 0 Å². The summed E-state index contributed by atoms with van der Waals surface area (Å²) in [5.74, 6) is 1.98. The molecule has 1 N–H and O–H groups in total. The molecule has 1 unspecified atom stereocenters. The SMILES string of the molecule is CCC1NC(=O)CC12CCC(C(C)C)CC2. The molecule has 0 aromatic carbocycles. The van der Waals surface area contributed by atoms with Gasteiger partial charge in [-0.2, -0.15) is 0 Å². The fourth-order valence-electron chi connectivity index (χ4n) is 3.78. The van der Waals surface area contributed by atoms with E-state index >= 15 is 0 Å². The molecule has 0 bridgehead atoms. The Labute approximate surface area is 99.2 Å². The molecule has 16 heavy (non-hydrogen) atoms. The average Bonchev–Trinajstić information content (AvgIpc) is 2.55. The van der Waals surface area contributed by atoms with Crippen LogP contribution in [0.1, 0.15) is 59.3 Å². The molecule has 2 rings (SSSR count). The maximum Gasteiger partial charge on any atom is 0.220 e. The van der Waals surface area contributed by atoms with Crippen LogP contribution in [0.5, 0.6) is 0 Å². The number of amides is 1. The molecule has 1 saturated heterocycles. The van der Waals surface area contributed by atoms with Crippen LogP contribution in [-0.2, 0) is 4.79 Å². The van der Waals surface area contributed by atoms with Gasteiger partial charge in [0.05, 0.1) is 0 Å². The summed E-state index contributed by atoms with van der Waals surface area (Å²) in [5.41, 5.74) is 0.317. The third-order valence-corrected chi connectivity index (χ3v) is 4.96. The van der Waals surface area contributed by atoms with Crippen LogP contribution < -0.4 is 5.32 Å². The lowest BCUT2D eigenvalue weighted by molar-refractivity contribution is -0.119. The summed E-state index contributed by atoms with van der Waals surface area (Å²) in [4.78, 5) is 11.6. The van der Waals surface area contributed by atoms with Gasteiger partial charge in [-0.05, 0) is 49.4 Å². The monoisotopic (exact) mass is 223 g/mol. The van der Waals surface area contributed by atoms with Crippen LogP contribution in [0.25, 0.3) is 0 Å². The quantitative estimate of drug-likeness (QED) is 0.765. The summed E-state index contributed by atoms with van der Waals surface area (Å²) in [6, 6.07) is 0.452. The molecule has 1 atom stereocenters. The highest BCUT2D eigenvalue weighted by Gasteiger charge is 2.47. The molecule has 2 aliphatic rings. The van der Waals surface area contributed by atoms with Crippen molar-refractivity contribution in [2.24, 2.45) is 17.3 Å². The van der Waals surface area contributed by atoms with Gasteiger partial charge in [0, 0.05) is 12.5 Å². The van der Waals surface area contributed by atoms with E-state index in [1.165, 1.54) is 25.7 Å². The van der Waals surface area contributed by atoms with Gasteiger partial charge in [-0.15, -0.1) is 0 Å². The van der Waals surface area contributed by atoms with E-state index in [-0.39, 0.29) is 5.91 Å². The van der Waals surface area contributed by atoms with Crippen LogP contribution in [-0.4, -0.2) is 11.9 Å². The molecule has 0 radical (unpaired) electrons. The molecule has 2 heteroatoms. The van der Waals surface area contributed by atoms with Crippen molar-refractivity contribution in [2.45, 2.75) is 65.3 Å². The molecule has 1 aliphatic carbocycles. The molecule has 1 saturated carbocycles. The number of hydrogen-bond donors (Lipinski definition) is 1. The average molecular weight is 223 g/mol. The van der Waals surface area contributed by atoms with Crippen molar-refractivity contribution in [2.75, 3.05) is 0 Å². The maximum absolute atomic E-state index is 11.6. The van der Waals surface area contributed by atoms with Crippen LogP contribution in [0.3, 0.4) is 0 Å². The second kappa shape index (κ2) is 4.38. The lowest BCUT2D eigenvalue weighted by Gasteiger charge is -2.41. The minimum Gasteiger partial charge on any atom is -0.353 e. The largest absolute Gasteiger partial charge is 0.353 e. The number of hydrogen-bond acceptors (Lipinski definition) is 1. The third-order valence-electron chi connectivity index (χ3n) is 4.96. The Morgan fingerprint density at radius 3 is 2.50 bits per heavy atom. The molecule has 0 aromatic rings. The standard InChI is InChI=1S/C14H25NO/c1-4-12-14(9-13(16)15-12)7-5-11(6-8-14)10(2)3/h10-12H,4-9H2,1-3H3,(H,15,16). The van der Waals surface area contributed by atoms with E-state index in [0.29, 0.717) is 11.5 Å². The first-order chi connectivity index (χ1) is 7.57. The van der Waals surface area contributed by atoms with Gasteiger partial charge in [0.2, 0.25) is 5.91 Å². The summed E-state index contributed by atoms with van der Waals surface area (Å²) in [5, 5.41) is 3.17. The predicted molar refractivity (Wildman–Crippen MR) is 66.1 cm³/mol. The fraction of sp³-hybridized carbons (Fsp3) is 0.929. The highest BCUT2D eigenvalue weighted by atomic mass is 16.2. The van der Waals surface area contributed by atoms with Gasteiger partial charge in [0.1, 0.15) is 0 Å². The predicted octanol–water partition coefficient (Wildman–Crippen LogP) is 3.12. The molecule has 2 fully saturated rings. The van der Waals surface area contributed by atoms with Crippen molar-refractivity contribution < 1.29 is 4.79 Å². The van der Waals surface area contributed by atoms with Gasteiger partial charge in [0.15, 0.2) is 0 Å². The highest BCUT2D eigenvalue weighted by molar-refractivity contribution is 5.80. The van der Waals surface area contributed by atoms with Gasteiger partial charge in [0.25, 0.3) is 0 Å². The van der Waals surface area contributed by atoms with Crippen molar-refractivity contribution >= 4 is 5.91 Å². The number of rotatable bonds is 2. The molecule has 1 spiro atoms. The fourth-order valence-corrected chi connectivity index (χ4v) is 3.78. The highest BCUT2D eigenvalue weighted by Crippen LogP contribution is 2.49. The van der Waals surface area contributed by atoms with Crippen molar-refractivity contribution in [3.63, 3.8) is 0 Å². The molecular formula is C14H25NO. The summed E-state index contributed by atoms with van der Waals surface area (Å²) < 4.78 is 0. The topological polar surface area (TPSA) is 29.1 Å². The van der Waals surface area contributed by atoms with E-state index in [1.54, 1.807) is 0 Å². The van der Waals surface area contributed by atoms with Crippen LogP contribution in [0.4, 0.5) is 0 Å². The zero-order valence-corrected chi connectivity index (χ0v) is 10.9. The van der Waals surface area contributed by atoms with Crippen molar-refractivity contribution in [1.82, 2.24) is 5.32 Å². The van der Waals surface area contributed by atoms with Gasteiger partial charge in [-0.25, -0.2) is 0 Å². The first-order valence-electron chi connectivity index (χ1n) is 6.87. The van der Waals surface area contributed by atoms with Crippen molar-refractivity contribution in [3.8, 4) is 0 Å². The first kappa shape index (κ1) is 11.9. The normalized spacial score (nSPS) is 39.4. The van der Waals surface area contributed by atoms with E-state index in [1.807, 2.05) is 0 Å². The van der Waals surface area contributed by atoms with Crippen LogP contribution in [0.15, 0.2) is 0 Å². The van der Waals surface area contributed by atoms with E-state index < -0.39 is 0 Å². The smallest absolute Gasteiger partial charge is 0.220 e. The summed E-state index contributed by atoms with van der Waals surface area (Å²) >= 11 is 0. The Kier molecular flexibility index (Phi) is 3.27. The Morgan fingerprint density at radius 2 is 2.00 bits per heavy atom. The molecular weight excluding hydrogens is 198 g/mol. The van der Waals surface area contributed by atoms with E-state index in [9.17, 15) is 4.79 Å². The number of nitrogens with one attached hydrogen (secondary N) is 1. The van der Waals surface area contributed by atoms with E-state index in [0.717, 1.165) is 24.7 Å². The lowest BCUT2D eigenvalue weighted by atomic mass is 9.64. The van der Waals surface area contributed by atoms with Crippen molar-refractivity contribution in [1.29, 1.82) is 0 Å². The Hall–Kier alpha value is -0.530. The van der Waals surface area contributed by atoms with Crippen LogP contribution in [0, 0.1) is 17.3 Å². The Balaban J connectivity index is 2.03. The zero-order chi connectivity index (χ0) is 11.8. The minimum atomic E-state index is 0.287. The molecule has 0 aromatic heterocycles. The van der Waals surface area contributed by atoms with Gasteiger partial charge in [-0.1, -0.05) is 20.8 Å². The Morgan fingerprint density at radius 1 is 1.38 bits per heavy atom. The maximum atomic E-state index is 11.6. The van der Waals surface area contributed by atoms with Crippen LogP contribution in [0.2, 0.25) is 0 Å². The molecule has 2 nitrogen and oxygen atoms in total. The summed E-state index contributed by atoms with van der Waals surface area (Å²) in [7, 11) is 0. The molecule has 1 amide bonds. The first-order valence-corrected chi connectivity index (χ1v) is 6.87. The van der Waals surface area contributed by atoms with Gasteiger partial charge in [-0.3, -0.25) is 4.79 Å². The molecule has 92 valence electrons. The minimum absolute atomic E-state index is 0.287. The second-order valence-corrected chi connectivity index (χ2v) is 6.15. The number of carbonyl (C=O) groups is 1.